The van der Waals surface area contributed by atoms with Crippen LogP contribution in [0.15, 0.2) is 30.3 Å². The summed E-state index contributed by atoms with van der Waals surface area (Å²) >= 11 is 7.14. The summed E-state index contributed by atoms with van der Waals surface area (Å²) in [6.07, 6.45) is 0. The van der Waals surface area contributed by atoms with E-state index in [-0.39, 0.29) is 11.9 Å². The molecule has 1 N–H and O–H groups in total. The monoisotopic (exact) mass is 323 g/mol. The molecule has 2 rings (SSSR count). The minimum absolute atomic E-state index is 0.122. The van der Waals surface area contributed by atoms with Crippen LogP contribution in [0.2, 0.25) is 4.34 Å². The molecule has 1 atom stereocenters. The molecule has 5 heteroatoms. The van der Waals surface area contributed by atoms with E-state index < -0.39 is 0 Å². The van der Waals surface area contributed by atoms with E-state index in [1.54, 1.807) is 12.1 Å². The molecule has 1 aromatic carbocycles. The average molecular weight is 324 g/mol. The Morgan fingerprint density at radius 1 is 1.38 bits per heavy atom. The molecule has 0 saturated heterocycles. The number of hydrogen-bond donors (Lipinski definition) is 1. The zero-order valence-corrected chi connectivity index (χ0v) is 13.8. The van der Waals surface area contributed by atoms with Crippen molar-refractivity contribution in [2.24, 2.45) is 0 Å². The van der Waals surface area contributed by atoms with Gasteiger partial charge in [0.15, 0.2) is 0 Å². The highest BCUT2D eigenvalue weighted by Crippen LogP contribution is 2.27. The predicted molar refractivity (Wildman–Crippen MR) is 87.6 cm³/mol. The van der Waals surface area contributed by atoms with E-state index in [1.165, 1.54) is 11.3 Å². The molecule has 1 heterocycles. The summed E-state index contributed by atoms with van der Waals surface area (Å²) in [5.74, 6) is 0.684. The second-order valence-electron chi connectivity index (χ2n) is 4.77. The van der Waals surface area contributed by atoms with Gasteiger partial charge in [0.25, 0.3) is 5.91 Å². The highest BCUT2D eigenvalue weighted by Gasteiger charge is 2.16. The molecule has 0 radical (unpaired) electrons. The average Bonchev–Trinajstić information content (AvgIpc) is 2.87. The molecule has 1 unspecified atom stereocenters. The van der Waals surface area contributed by atoms with E-state index in [4.69, 9.17) is 16.3 Å². The Morgan fingerprint density at radius 2 is 2.14 bits per heavy atom. The SMILES string of the molecule is CCOc1ccc(C)cc1C(C)NC(=O)c1ccc(Cl)s1. The second-order valence-corrected chi connectivity index (χ2v) is 6.49. The van der Waals surface area contributed by atoms with Gasteiger partial charge in [0.1, 0.15) is 5.75 Å². The number of carbonyl (C=O) groups is 1. The lowest BCUT2D eigenvalue weighted by atomic mass is 10.0. The normalized spacial score (nSPS) is 12.0. The lowest BCUT2D eigenvalue weighted by Gasteiger charge is -2.18. The number of carbonyl (C=O) groups excluding carboxylic acids is 1. The first-order chi connectivity index (χ1) is 10.0. The standard InChI is InChI=1S/C16H18ClNO2S/c1-4-20-13-6-5-10(2)9-12(13)11(3)18-16(19)14-7-8-15(17)21-14/h5-9,11H,4H2,1-3H3,(H,18,19). The first kappa shape index (κ1) is 15.9. The smallest absolute Gasteiger partial charge is 0.261 e. The summed E-state index contributed by atoms with van der Waals surface area (Å²) in [5, 5.41) is 2.98. The topological polar surface area (TPSA) is 38.3 Å². The van der Waals surface area contributed by atoms with Crippen LogP contribution in [0.3, 0.4) is 0 Å². The van der Waals surface area contributed by atoms with Gasteiger partial charge in [-0.3, -0.25) is 4.79 Å². The number of amides is 1. The highest BCUT2D eigenvalue weighted by atomic mass is 35.5. The van der Waals surface area contributed by atoms with Crippen LogP contribution in [0.4, 0.5) is 0 Å². The van der Waals surface area contributed by atoms with Crippen molar-refractivity contribution in [2.45, 2.75) is 26.8 Å². The van der Waals surface area contributed by atoms with Gasteiger partial charge >= 0.3 is 0 Å². The van der Waals surface area contributed by atoms with Crippen molar-refractivity contribution in [1.82, 2.24) is 5.32 Å². The molecule has 3 nitrogen and oxygen atoms in total. The summed E-state index contributed by atoms with van der Waals surface area (Å²) in [6.45, 7) is 6.51. The lowest BCUT2D eigenvalue weighted by Crippen LogP contribution is -2.26. The molecular weight excluding hydrogens is 306 g/mol. The minimum Gasteiger partial charge on any atom is -0.494 e. The van der Waals surface area contributed by atoms with Crippen molar-refractivity contribution < 1.29 is 9.53 Å². The van der Waals surface area contributed by atoms with Crippen molar-refractivity contribution >= 4 is 28.8 Å². The maximum absolute atomic E-state index is 12.2. The number of hydrogen-bond acceptors (Lipinski definition) is 3. The predicted octanol–water partition coefficient (Wildman–Crippen LogP) is 4.60. The van der Waals surface area contributed by atoms with Crippen LogP contribution in [0.1, 0.15) is 40.7 Å². The molecule has 0 fully saturated rings. The van der Waals surface area contributed by atoms with Crippen LogP contribution >= 0.6 is 22.9 Å². The molecule has 21 heavy (non-hydrogen) atoms. The van der Waals surface area contributed by atoms with Gasteiger partial charge in [0.2, 0.25) is 0 Å². The molecule has 2 aromatic rings. The van der Waals surface area contributed by atoms with Gasteiger partial charge < -0.3 is 10.1 Å². The largest absolute Gasteiger partial charge is 0.494 e. The first-order valence-electron chi connectivity index (χ1n) is 6.80. The van der Waals surface area contributed by atoms with Gasteiger partial charge in [0, 0.05) is 5.56 Å². The van der Waals surface area contributed by atoms with Crippen molar-refractivity contribution in [3.8, 4) is 5.75 Å². The number of nitrogens with one attached hydrogen (secondary N) is 1. The van der Waals surface area contributed by atoms with Crippen molar-refractivity contribution in [3.63, 3.8) is 0 Å². The molecule has 0 aliphatic rings. The number of thiophene rings is 1. The summed E-state index contributed by atoms with van der Waals surface area (Å²) in [5.41, 5.74) is 2.11. The van der Waals surface area contributed by atoms with E-state index in [0.29, 0.717) is 15.8 Å². The van der Waals surface area contributed by atoms with E-state index in [0.717, 1.165) is 16.9 Å². The van der Waals surface area contributed by atoms with Crippen LogP contribution < -0.4 is 10.1 Å². The highest BCUT2D eigenvalue weighted by molar-refractivity contribution is 7.17. The number of benzene rings is 1. The lowest BCUT2D eigenvalue weighted by molar-refractivity contribution is 0.0943. The molecule has 1 aromatic heterocycles. The molecule has 0 aliphatic heterocycles. The number of ether oxygens (including phenoxy) is 1. The van der Waals surface area contributed by atoms with Gasteiger partial charge in [0.05, 0.1) is 21.9 Å². The fourth-order valence-corrected chi connectivity index (χ4v) is 3.02. The Kier molecular flexibility index (Phi) is 5.26. The van der Waals surface area contributed by atoms with E-state index in [2.05, 4.69) is 5.32 Å². The Morgan fingerprint density at radius 3 is 2.76 bits per heavy atom. The molecule has 0 bridgehead atoms. The number of aryl methyl sites for hydroxylation is 1. The summed E-state index contributed by atoms with van der Waals surface area (Å²) in [6, 6.07) is 9.30. The summed E-state index contributed by atoms with van der Waals surface area (Å²) in [4.78, 5) is 12.8. The maximum atomic E-state index is 12.2. The molecular formula is C16H18ClNO2S. The van der Waals surface area contributed by atoms with Gasteiger partial charge in [-0.05, 0) is 39.0 Å². The number of rotatable bonds is 5. The van der Waals surface area contributed by atoms with Crippen molar-refractivity contribution in [1.29, 1.82) is 0 Å². The number of halogens is 1. The molecule has 1 amide bonds. The molecule has 112 valence electrons. The fraction of sp³-hybridized carbons (Fsp3) is 0.312. The van der Waals surface area contributed by atoms with Crippen LogP contribution in [0.25, 0.3) is 0 Å². The molecule has 0 spiro atoms. The van der Waals surface area contributed by atoms with Gasteiger partial charge in [-0.25, -0.2) is 0 Å². The zero-order chi connectivity index (χ0) is 15.4. The zero-order valence-electron chi connectivity index (χ0n) is 12.3. The van der Waals surface area contributed by atoms with Crippen LogP contribution in [0, 0.1) is 6.92 Å². The third-order valence-electron chi connectivity index (χ3n) is 3.08. The van der Waals surface area contributed by atoms with Crippen LogP contribution in [-0.2, 0) is 0 Å². The fourth-order valence-electron chi connectivity index (χ4n) is 2.08. The summed E-state index contributed by atoms with van der Waals surface area (Å²) < 4.78 is 6.24. The van der Waals surface area contributed by atoms with Gasteiger partial charge in [-0.1, -0.05) is 29.3 Å². The third kappa shape index (κ3) is 3.99. The quantitative estimate of drug-likeness (QED) is 0.873. The van der Waals surface area contributed by atoms with Gasteiger partial charge in [-0.2, -0.15) is 0 Å². The first-order valence-corrected chi connectivity index (χ1v) is 8.00. The van der Waals surface area contributed by atoms with Crippen LogP contribution in [0.5, 0.6) is 5.75 Å². The Labute approximate surface area is 133 Å². The summed E-state index contributed by atoms with van der Waals surface area (Å²) in [7, 11) is 0. The van der Waals surface area contributed by atoms with E-state index in [1.807, 2.05) is 39.0 Å². The van der Waals surface area contributed by atoms with Crippen molar-refractivity contribution in [3.05, 3.63) is 50.7 Å². The molecule has 0 saturated carbocycles. The maximum Gasteiger partial charge on any atom is 0.261 e. The molecule has 0 aliphatic carbocycles. The Hall–Kier alpha value is -1.52. The van der Waals surface area contributed by atoms with E-state index in [9.17, 15) is 4.79 Å². The third-order valence-corrected chi connectivity index (χ3v) is 4.31. The van der Waals surface area contributed by atoms with Crippen LogP contribution in [-0.4, -0.2) is 12.5 Å². The Balaban J connectivity index is 2.17. The van der Waals surface area contributed by atoms with Crippen molar-refractivity contribution in [2.75, 3.05) is 6.61 Å². The minimum atomic E-state index is -0.139. The van der Waals surface area contributed by atoms with Gasteiger partial charge in [-0.15, -0.1) is 11.3 Å². The van der Waals surface area contributed by atoms with E-state index >= 15 is 0 Å². The second kappa shape index (κ2) is 6.96. The Bertz CT molecular complexity index is 639.